The van der Waals surface area contributed by atoms with Gasteiger partial charge in [-0.2, -0.15) is 5.56 Å². The van der Waals surface area contributed by atoms with Crippen LogP contribution < -0.4 is 0 Å². The second-order valence-corrected chi connectivity index (χ2v) is 8.57. The van der Waals surface area contributed by atoms with E-state index < -0.39 is 0 Å². The molecule has 2 aromatic carbocycles. The van der Waals surface area contributed by atoms with Crippen molar-refractivity contribution in [1.82, 2.24) is 0 Å². The van der Waals surface area contributed by atoms with Crippen LogP contribution in [0.15, 0.2) is 30.3 Å². The van der Waals surface area contributed by atoms with Gasteiger partial charge in [0.1, 0.15) is 0 Å². The van der Waals surface area contributed by atoms with Crippen molar-refractivity contribution in [2.75, 3.05) is 0 Å². The van der Waals surface area contributed by atoms with E-state index >= 15 is 0 Å². The first-order valence-corrected chi connectivity index (χ1v) is 9.34. The largest absolute Gasteiger partial charge is 4.00 e. The van der Waals surface area contributed by atoms with Crippen molar-refractivity contribution in [2.24, 2.45) is 23.2 Å². The van der Waals surface area contributed by atoms with Gasteiger partial charge in [-0.1, -0.05) is 19.9 Å². The Morgan fingerprint density at radius 3 is 1.89 bits per heavy atom. The molecule has 6 rings (SSSR count). The minimum atomic E-state index is -0.258. The van der Waals surface area contributed by atoms with E-state index in [-0.39, 0.29) is 58.9 Å². The van der Waals surface area contributed by atoms with Crippen molar-refractivity contribution in [3.8, 4) is 0 Å². The molecule has 4 aliphatic rings. The molecule has 1 N–H and O–H groups in total. The van der Waals surface area contributed by atoms with Crippen LogP contribution in [0.25, 0.3) is 16.5 Å². The molecule has 0 heterocycles. The predicted molar refractivity (Wildman–Crippen MR) is 118 cm³/mol. The molecular formula is C24H33NOSiTi. The van der Waals surface area contributed by atoms with Crippen LogP contribution in [0, 0.1) is 51.9 Å². The number of hydrogen-bond acceptors (Lipinski definition) is 1. The maximum absolute atomic E-state index is 11.4. The van der Waals surface area contributed by atoms with Gasteiger partial charge in [0.25, 0.3) is 0 Å². The summed E-state index contributed by atoms with van der Waals surface area (Å²) in [5, 5.41) is 2.76. The number of fused-ring (bicyclic) bond motifs is 1. The molecule has 0 unspecified atom stereocenters. The van der Waals surface area contributed by atoms with Gasteiger partial charge in [-0.3, -0.25) is 0 Å². The molecule has 148 valence electrons. The van der Waals surface area contributed by atoms with Crippen molar-refractivity contribution in [2.45, 2.75) is 52.4 Å². The molecular weight excluding hydrogens is 394 g/mol. The van der Waals surface area contributed by atoms with Gasteiger partial charge in [-0.15, -0.1) is 40.6 Å². The topological polar surface area (TPSA) is 40.9 Å². The van der Waals surface area contributed by atoms with Crippen LogP contribution >= 0.6 is 0 Å². The maximum Gasteiger partial charge on any atom is 4.00 e. The van der Waals surface area contributed by atoms with Gasteiger partial charge < -0.3 is 25.4 Å². The van der Waals surface area contributed by atoms with Gasteiger partial charge >= 0.3 is 21.7 Å². The van der Waals surface area contributed by atoms with E-state index in [1.807, 2.05) is 0 Å². The fourth-order valence-corrected chi connectivity index (χ4v) is 5.91. The van der Waals surface area contributed by atoms with E-state index in [1.54, 1.807) is 0 Å². The summed E-state index contributed by atoms with van der Waals surface area (Å²) >= 11 is 0. The zero-order chi connectivity index (χ0) is 16.9. The molecule has 1 amide bonds. The zero-order valence-electron chi connectivity index (χ0n) is 17.8. The Bertz CT molecular complexity index is 747. The molecule has 0 spiro atoms. The third-order valence-electron chi connectivity index (χ3n) is 6.85. The summed E-state index contributed by atoms with van der Waals surface area (Å²) in [7, 11) is 0. The fraction of sp³-hybridized carbons (Fsp3) is 0.500. The summed E-state index contributed by atoms with van der Waals surface area (Å²) in [6.07, 6.45) is 7.19. The van der Waals surface area contributed by atoms with E-state index in [4.69, 9.17) is 5.73 Å². The Hall–Kier alpha value is -0.769. The van der Waals surface area contributed by atoms with Gasteiger partial charge in [-0.05, 0) is 56.3 Å². The van der Waals surface area contributed by atoms with Crippen LogP contribution in [-0.2, 0) is 26.5 Å². The van der Waals surface area contributed by atoms with Crippen molar-refractivity contribution >= 4 is 27.6 Å². The van der Waals surface area contributed by atoms with Gasteiger partial charge in [0, 0.05) is 16.4 Å². The minimum absolute atomic E-state index is 0. The fourth-order valence-electron chi connectivity index (χ4n) is 5.91. The second kappa shape index (κ2) is 10.3. The van der Waals surface area contributed by atoms with Crippen LogP contribution in [0.2, 0.25) is 0 Å². The first kappa shape index (κ1) is 27.2. The van der Waals surface area contributed by atoms with E-state index in [0.717, 1.165) is 37.0 Å². The van der Waals surface area contributed by atoms with Gasteiger partial charge in [-0.25, -0.2) is 0 Å². The molecule has 0 atom stereocenters. The summed E-state index contributed by atoms with van der Waals surface area (Å²) in [5.41, 5.74) is 10.1. The number of nitrogens with one attached hydrogen (secondary N) is 1. The van der Waals surface area contributed by atoms with Crippen LogP contribution in [0.3, 0.4) is 0 Å². The van der Waals surface area contributed by atoms with E-state index in [1.165, 1.54) is 41.2 Å². The number of rotatable bonds is 1. The molecule has 2 aromatic rings. The van der Waals surface area contributed by atoms with Crippen LogP contribution in [0.1, 0.15) is 49.7 Å². The van der Waals surface area contributed by atoms with Gasteiger partial charge in [0.2, 0.25) is 0 Å². The normalized spacial score (nSPS) is 28.6. The number of carbonyl (C=O) groups is 1. The first-order chi connectivity index (χ1) is 11.5. The second-order valence-electron chi connectivity index (χ2n) is 8.57. The third kappa shape index (κ3) is 4.86. The van der Waals surface area contributed by atoms with E-state index in [9.17, 15) is 4.79 Å². The van der Waals surface area contributed by atoms with E-state index in [0.29, 0.717) is 0 Å². The number of aryl methyl sites for hydroxylation is 2. The Labute approximate surface area is 191 Å². The molecule has 0 aromatic heterocycles. The number of hydrogen-bond donors (Lipinski definition) is 0. The number of benzene rings is 1. The van der Waals surface area contributed by atoms with Gasteiger partial charge in [0.15, 0.2) is 0 Å². The third-order valence-corrected chi connectivity index (χ3v) is 6.85. The first-order valence-electron chi connectivity index (χ1n) is 9.34. The quantitative estimate of drug-likeness (QED) is 0.380. The molecule has 28 heavy (non-hydrogen) atoms. The maximum atomic E-state index is 11.4. The Balaban J connectivity index is 0.000000461. The molecule has 0 aliphatic heterocycles. The smallest absolute Gasteiger partial charge is 0.667 e. The van der Waals surface area contributed by atoms with Crippen molar-refractivity contribution in [3.63, 3.8) is 0 Å². The predicted octanol–water partition coefficient (Wildman–Crippen LogP) is 6.47. The molecule has 4 fully saturated rings. The summed E-state index contributed by atoms with van der Waals surface area (Å²) < 4.78 is 0. The summed E-state index contributed by atoms with van der Waals surface area (Å²) in [6, 6.07) is 10.8. The molecule has 2 nitrogen and oxygen atoms in total. The molecule has 4 bridgehead atoms. The Kier molecular flexibility index (Phi) is 10.0. The Morgan fingerprint density at radius 1 is 1.00 bits per heavy atom. The van der Waals surface area contributed by atoms with Crippen molar-refractivity contribution < 1.29 is 26.5 Å². The number of carbonyl (C=O) groups excluding carboxylic acids is 1. The SMILES string of the molecule is Cc1[cH-]c2ccccc2c1C.[CH3-].[CH3-].[NH-]C(=O)C12CC3CC(CC(C3)C1)C2.[Si].[Ti+4]. The molecule has 4 radical (unpaired) electrons. The molecule has 4 aliphatic carbocycles. The summed E-state index contributed by atoms with van der Waals surface area (Å²) in [5.74, 6) is 2.12. The van der Waals surface area contributed by atoms with Crippen molar-refractivity contribution in [1.29, 1.82) is 0 Å². The van der Waals surface area contributed by atoms with Crippen LogP contribution in [0.5, 0.6) is 0 Å². The van der Waals surface area contributed by atoms with Crippen molar-refractivity contribution in [3.05, 3.63) is 62.0 Å². The monoisotopic (exact) mass is 427 g/mol. The summed E-state index contributed by atoms with van der Waals surface area (Å²) in [4.78, 5) is 11.4. The molecule has 4 saturated carbocycles. The average molecular weight is 427 g/mol. The summed E-state index contributed by atoms with van der Waals surface area (Å²) in [6.45, 7) is 4.34. The number of amides is 1. The van der Waals surface area contributed by atoms with Crippen LogP contribution in [0.4, 0.5) is 0 Å². The van der Waals surface area contributed by atoms with E-state index in [2.05, 4.69) is 44.2 Å². The molecule has 0 saturated heterocycles. The minimum Gasteiger partial charge on any atom is -0.667 e. The molecule has 4 heteroatoms. The Morgan fingerprint density at radius 2 is 1.46 bits per heavy atom. The van der Waals surface area contributed by atoms with Crippen LogP contribution in [-0.4, -0.2) is 16.9 Å². The van der Waals surface area contributed by atoms with Gasteiger partial charge in [0.05, 0.1) is 5.91 Å². The average Bonchev–Trinajstić information content (AvgIpc) is 2.82. The zero-order valence-corrected chi connectivity index (χ0v) is 20.3. The standard InChI is InChI=1S/C11H17NO.C11H11.2CH3.Si.Ti/c12-10(13)11-4-7-1-8(5-11)3-9(2-7)6-11;1-8-7-10-5-3-4-6-11(10)9(8)2;;;;/h7-9H,1-6H2,(H2,12,13);3-7H,1-2H3;2*1H3;;/q;3*-1;;+4/p-1.